The molecule has 0 aromatic carbocycles. The van der Waals surface area contributed by atoms with Crippen molar-refractivity contribution in [1.29, 1.82) is 0 Å². The minimum absolute atomic E-state index is 0.605. The number of hydrazine groups is 1. The van der Waals surface area contributed by atoms with E-state index in [1.54, 1.807) is 5.57 Å². The van der Waals surface area contributed by atoms with Gasteiger partial charge >= 0.3 is 0 Å². The van der Waals surface area contributed by atoms with Gasteiger partial charge in [0, 0.05) is 18.8 Å². The van der Waals surface area contributed by atoms with E-state index in [1.807, 2.05) is 0 Å². The number of nitrogens with zero attached hydrogens (tertiary/aromatic N) is 1. The quantitative estimate of drug-likeness (QED) is 0.0402. The van der Waals surface area contributed by atoms with Crippen LogP contribution in [0.5, 0.6) is 0 Å². The summed E-state index contributed by atoms with van der Waals surface area (Å²) in [6.07, 6.45) is 46.6. The standard InChI is InChI=1S/C45H90N2/c1-8-12-16-19-21-25-29-34-40-45(47(46-7)43(6)37-32-28-20-17-13-9-2)41-35-30-26-23-22-24-27-31-36-42(5)44(38-15-11-4)39-33-18-14-10-3/h44-46H,5-6,8-41H2,1-4,7H3. The van der Waals surface area contributed by atoms with Gasteiger partial charge in [-0.25, -0.2) is 5.43 Å². The fourth-order valence-electron chi connectivity index (χ4n) is 7.56. The van der Waals surface area contributed by atoms with Crippen LogP contribution in [0, 0.1) is 5.92 Å². The Hall–Kier alpha value is -0.760. The van der Waals surface area contributed by atoms with Crippen molar-refractivity contribution in [1.82, 2.24) is 10.4 Å². The fourth-order valence-corrected chi connectivity index (χ4v) is 7.56. The first-order valence-corrected chi connectivity index (χ1v) is 21.9. The normalized spacial score (nSPS) is 12.8. The van der Waals surface area contributed by atoms with Crippen LogP contribution in [0.15, 0.2) is 24.4 Å². The molecule has 0 spiro atoms. The zero-order chi connectivity index (χ0) is 34.6. The number of hydrogen-bond donors (Lipinski definition) is 1. The second-order valence-corrected chi connectivity index (χ2v) is 15.3. The molecule has 2 heteroatoms. The first-order valence-electron chi connectivity index (χ1n) is 21.9. The third kappa shape index (κ3) is 28.8. The van der Waals surface area contributed by atoms with Crippen molar-refractivity contribution in [3.8, 4) is 0 Å². The highest BCUT2D eigenvalue weighted by molar-refractivity contribution is 5.00. The van der Waals surface area contributed by atoms with Gasteiger partial charge in [0.1, 0.15) is 0 Å². The monoisotopic (exact) mass is 659 g/mol. The summed E-state index contributed by atoms with van der Waals surface area (Å²) < 4.78 is 0. The van der Waals surface area contributed by atoms with Gasteiger partial charge in [0.15, 0.2) is 0 Å². The van der Waals surface area contributed by atoms with Crippen molar-refractivity contribution in [2.75, 3.05) is 7.05 Å². The molecular formula is C45H90N2. The van der Waals surface area contributed by atoms with Gasteiger partial charge in [0.05, 0.1) is 0 Å². The fraction of sp³-hybridized carbons (Fsp3) is 0.911. The van der Waals surface area contributed by atoms with E-state index in [0.717, 1.165) is 12.3 Å². The van der Waals surface area contributed by atoms with Crippen LogP contribution in [0.25, 0.3) is 0 Å². The van der Waals surface area contributed by atoms with E-state index in [4.69, 9.17) is 0 Å². The topological polar surface area (TPSA) is 15.3 Å². The minimum Gasteiger partial charge on any atom is -0.310 e. The predicted molar refractivity (Wildman–Crippen MR) is 216 cm³/mol. The van der Waals surface area contributed by atoms with Crippen molar-refractivity contribution in [2.24, 2.45) is 5.92 Å². The molecule has 0 saturated carbocycles. The number of nitrogens with one attached hydrogen (secondary N) is 1. The molecule has 0 amide bonds. The van der Waals surface area contributed by atoms with Gasteiger partial charge in [-0.3, -0.25) is 0 Å². The molecule has 0 aliphatic heterocycles. The molecule has 0 rings (SSSR count). The summed E-state index contributed by atoms with van der Waals surface area (Å²) in [5.74, 6) is 0.790. The largest absolute Gasteiger partial charge is 0.310 e. The van der Waals surface area contributed by atoms with E-state index >= 15 is 0 Å². The molecule has 0 aliphatic carbocycles. The first-order chi connectivity index (χ1) is 23.0. The van der Waals surface area contributed by atoms with Crippen LogP contribution in [0.1, 0.15) is 246 Å². The first kappa shape index (κ1) is 46.2. The summed E-state index contributed by atoms with van der Waals surface area (Å²) in [4.78, 5) is 0. The van der Waals surface area contributed by atoms with Crippen molar-refractivity contribution < 1.29 is 0 Å². The maximum Gasteiger partial charge on any atom is 0.0451 e. The molecule has 2 nitrogen and oxygen atoms in total. The van der Waals surface area contributed by atoms with Gasteiger partial charge in [0.2, 0.25) is 0 Å². The Labute approximate surface area is 299 Å². The van der Waals surface area contributed by atoms with Crippen LogP contribution in [-0.4, -0.2) is 18.1 Å². The summed E-state index contributed by atoms with van der Waals surface area (Å²) in [5.41, 5.74) is 6.48. The smallest absolute Gasteiger partial charge is 0.0451 e. The predicted octanol–water partition coefficient (Wildman–Crippen LogP) is 15.8. The zero-order valence-corrected chi connectivity index (χ0v) is 33.6. The molecule has 0 bridgehead atoms. The van der Waals surface area contributed by atoms with E-state index in [-0.39, 0.29) is 0 Å². The molecule has 280 valence electrons. The van der Waals surface area contributed by atoms with Crippen molar-refractivity contribution in [2.45, 2.75) is 252 Å². The van der Waals surface area contributed by atoms with Crippen LogP contribution < -0.4 is 5.43 Å². The minimum atomic E-state index is 0.605. The van der Waals surface area contributed by atoms with Crippen molar-refractivity contribution in [3.05, 3.63) is 24.4 Å². The number of rotatable bonds is 39. The lowest BCUT2D eigenvalue weighted by Gasteiger charge is -2.35. The lowest BCUT2D eigenvalue weighted by atomic mass is 9.86. The molecule has 2 atom stereocenters. The second-order valence-electron chi connectivity index (χ2n) is 15.3. The molecule has 47 heavy (non-hydrogen) atoms. The highest BCUT2D eigenvalue weighted by Gasteiger charge is 2.18. The molecule has 0 aromatic heterocycles. The Kier molecular flexibility index (Phi) is 35.9. The molecule has 0 aliphatic rings. The van der Waals surface area contributed by atoms with E-state index in [2.05, 4.69) is 58.3 Å². The maximum absolute atomic E-state index is 4.57. The van der Waals surface area contributed by atoms with E-state index in [1.165, 1.54) is 218 Å². The molecule has 0 aromatic rings. The summed E-state index contributed by atoms with van der Waals surface area (Å²) in [6.45, 7) is 18.4. The number of allylic oxidation sites excluding steroid dienone is 2. The van der Waals surface area contributed by atoms with Crippen LogP contribution in [0.3, 0.4) is 0 Å². The van der Waals surface area contributed by atoms with Gasteiger partial charge < -0.3 is 5.01 Å². The third-order valence-electron chi connectivity index (χ3n) is 10.8. The highest BCUT2D eigenvalue weighted by Crippen LogP contribution is 2.28. The van der Waals surface area contributed by atoms with Crippen LogP contribution in [0.4, 0.5) is 0 Å². The summed E-state index contributed by atoms with van der Waals surface area (Å²) in [5, 5.41) is 2.49. The lowest BCUT2D eigenvalue weighted by molar-refractivity contribution is 0.160. The molecule has 0 radical (unpaired) electrons. The highest BCUT2D eigenvalue weighted by atomic mass is 15.5. The molecule has 2 unspecified atom stereocenters. The van der Waals surface area contributed by atoms with E-state index in [0.29, 0.717) is 6.04 Å². The van der Waals surface area contributed by atoms with Gasteiger partial charge in [-0.05, 0) is 57.3 Å². The van der Waals surface area contributed by atoms with E-state index in [9.17, 15) is 0 Å². The molecule has 1 N–H and O–H groups in total. The van der Waals surface area contributed by atoms with Gasteiger partial charge in [0.25, 0.3) is 0 Å². The van der Waals surface area contributed by atoms with Crippen molar-refractivity contribution >= 4 is 0 Å². The zero-order valence-electron chi connectivity index (χ0n) is 33.6. The Bertz CT molecular complexity index is 654. The number of unbranched alkanes of at least 4 members (excludes halogenated alkanes) is 23. The lowest BCUT2D eigenvalue weighted by Crippen LogP contribution is -2.42. The molecular weight excluding hydrogens is 569 g/mol. The van der Waals surface area contributed by atoms with Crippen molar-refractivity contribution in [3.63, 3.8) is 0 Å². The van der Waals surface area contributed by atoms with Gasteiger partial charge in [-0.15, -0.1) is 0 Å². The van der Waals surface area contributed by atoms with Gasteiger partial charge in [-0.2, -0.15) is 0 Å². The second kappa shape index (κ2) is 36.5. The molecule has 0 fully saturated rings. The maximum atomic E-state index is 4.57. The SMILES string of the molecule is C=C(CCCCCCCCCCC(CCCCCCCCCC)N(NC)C(=C)CCCCCCCC)C(CCCC)CCCCCC. The van der Waals surface area contributed by atoms with Crippen LogP contribution >= 0.6 is 0 Å². The van der Waals surface area contributed by atoms with Crippen LogP contribution in [-0.2, 0) is 0 Å². The molecule has 0 saturated heterocycles. The summed E-state index contributed by atoms with van der Waals surface area (Å²) >= 11 is 0. The summed E-state index contributed by atoms with van der Waals surface area (Å²) in [7, 11) is 2.13. The van der Waals surface area contributed by atoms with E-state index < -0.39 is 0 Å². The third-order valence-corrected chi connectivity index (χ3v) is 10.8. The number of hydrogen-bond acceptors (Lipinski definition) is 2. The van der Waals surface area contributed by atoms with Gasteiger partial charge in [-0.1, -0.05) is 213 Å². The Morgan fingerprint density at radius 3 is 1.21 bits per heavy atom. The average Bonchev–Trinajstić information content (AvgIpc) is 3.07. The Balaban J connectivity index is 4.42. The average molecular weight is 659 g/mol. The Morgan fingerprint density at radius 2 is 0.766 bits per heavy atom. The summed E-state index contributed by atoms with van der Waals surface area (Å²) in [6, 6.07) is 0.605. The Morgan fingerprint density at radius 1 is 0.426 bits per heavy atom. The molecule has 0 heterocycles. The van der Waals surface area contributed by atoms with Crippen LogP contribution in [0.2, 0.25) is 0 Å².